The van der Waals surface area contributed by atoms with Gasteiger partial charge in [0, 0.05) is 30.3 Å². The molecule has 0 N–H and O–H groups in total. The summed E-state index contributed by atoms with van der Waals surface area (Å²) in [6.07, 6.45) is 2.25. The van der Waals surface area contributed by atoms with E-state index in [0.29, 0.717) is 23.7 Å². The van der Waals surface area contributed by atoms with Gasteiger partial charge in [0.15, 0.2) is 0 Å². The summed E-state index contributed by atoms with van der Waals surface area (Å²) in [6, 6.07) is 15.0. The Bertz CT molecular complexity index is 737. The number of nitrogens with zero attached hydrogens (tertiary/aromatic N) is 1. The van der Waals surface area contributed by atoms with Crippen LogP contribution >= 0.6 is 11.6 Å². The topological polar surface area (TPSA) is 38.8 Å². The number of halogens is 1. The molecule has 1 atom stereocenters. The van der Waals surface area contributed by atoms with E-state index >= 15 is 0 Å². The number of carbonyl (C=O) groups excluding carboxylic acids is 1. The van der Waals surface area contributed by atoms with Crippen molar-refractivity contribution in [1.29, 1.82) is 0 Å². The minimum absolute atomic E-state index is 0.00320. The maximum Gasteiger partial charge on any atom is 0.254 e. The van der Waals surface area contributed by atoms with E-state index in [0.717, 1.165) is 30.8 Å². The highest BCUT2D eigenvalue weighted by molar-refractivity contribution is 6.30. The van der Waals surface area contributed by atoms with Gasteiger partial charge in [-0.3, -0.25) is 4.79 Å². The van der Waals surface area contributed by atoms with Gasteiger partial charge < -0.3 is 14.4 Å². The molecule has 0 aromatic heterocycles. The second-order valence-electron chi connectivity index (χ2n) is 7.14. The minimum atomic E-state index is -0.00320. The summed E-state index contributed by atoms with van der Waals surface area (Å²) >= 11 is 5.98. The quantitative estimate of drug-likeness (QED) is 0.674. The number of hydrogen-bond acceptors (Lipinski definition) is 3. The summed E-state index contributed by atoms with van der Waals surface area (Å²) in [5, 5.41) is 0.691. The third kappa shape index (κ3) is 5.72. The van der Waals surface area contributed by atoms with Gasteiger partial charge in [-0.25, -0.2) is 0 Å². The lowest BCUT2D eigenvalue weighted by molar-refractivity contribution is 0.0507. The van der Waals surface area contributed by atoms with Crippen molar-refractivity contribution in [1.82, 2.24) is 4.90 Å². The van der Waals surface area contributed by atoms with E-state index in [1.807, 2.05) is 67.3 Å². The van der Waals surface area contributed by atoms with E-state index in [9.17, 15) is 4.79 Å². The predicted octanol–water partition coefficient (Wildman–Crippen LogP) is 4.95. The first kappa shape index (κ1) is 19.7. The second kappa shape index (κ2) is 9.25. The van der Waals surface area contributed by atoms with Crippen LogP contribution in [-0.4, -0.2) is 36.2 Å². The molecule has 0 saturated carbocycles. The van der Waals surface area contributed by atoms with Crippen molar-refractivity contribution in [3.63, 3.8) is 0 Å². The minimum Gasteiger partial charge on any atom is -0.491 e. The van der Waals surface area contributed by atoms with Crippen LogP contribution in [0.3, 0.4) is 0 Å². The van der Waals surface area contributed by atoms with E-state index in [1.54, 1.807) is 0 Å². The largest absolute Gasteiger partial charge is 0.491 e. The van der Waals surface area contributed by atoms with Crippen LogP contribution in [0.25, 0.3) is 0 Å². The average molecular weight is 388 g/mol. The van der Waals surface area contributed by atoms with Crippen LogP contribution in [0.2, 0.25) is 5.02 Å². The summed E-state index contributed by atoms with van der Waals surface area (Å²) < 4.78 is 11.4. The molecule has 1 aliphatic heterocycles. The fraction of sp³-hybridized carbons (Fsp3) is 0.409. The molecule has 1 saturated heterocycles. The second-order valence-corrected chi connectivity index (χ2v) is 7.57. The first-order valence-electron chi connectivity index (χ1n) is 9.43. The Morgan fingerprint density at radius 3 is 2.48 bits per heavy atom. The number of benzene rings is 2. The van der Waals surface area contributed by atoms with Gasteiger partial charge in [-0.15, -0.1) is 0 Å². The molecular formula is C22H26ClNO3. The van der Waals surface area contributed by atoms with E-state index in [2.05, 4.69) is 0 Å². The zero-order valence-electron chi connectivity index (χ0n) is 15.9. The Balaban J connectivity index is 1.75. The van der Waals surface area contributed by atoms with Gasteiger partial charge in [-0.05, 0) is 68.7 Å². The molecule has 5 heteroatoms. The molecule has 1 unspecified atom stereocenters. The summed E-state index contributed by atoms with van der Waals surface area (Å²) in [7, 11) is 0. The van der Waals surface area contributed by atoms with Crippen LogP contribution in [0.1, 0.15) is 42.6 Å². The molecule has 0 radical (unpaired) electrons. The smallest absolute Gasteiger partial charge is 0.254 e. The highest BCUT2D eigenvalue weighted by atomic mass is 35.5. The molecule has 0 spiro atoms. The van der Waals surface area contributed by atoms with Crippen LogP contribution in [-0.2, 0) is 11.3 Å². The zero-order valence-corrected chi connectivity index (χ0v) is 16.6. The molecule has 2 aromatic carbocycles. The summed E-state index contributed by atoms with van der Waals surface area (Å²) in [4.78, 5) is 15.0. The Morgan fingerprint density at radius 2 is 1.89 bits per heavy atom. The molecule has 1 aliphatic rings. The van der Waals surface area contributed by atoms with Crippen molar-refractivity contribution in [2.24, 2.45) is 0 Å². The van der Waals surface area contributed by atoms with Crippen LogP contribution in [0.15, 0.2) is 48.5 Å². The van der Waals surface area contributed by atoms with Crippen LogP contribution in [0, 0.1) is 0 Å². The van der Waals surface area contributed by atoms with Gasteiger partial charge in [-0.2, -0.15) is 0 Å². The number of rotatable bonds is 7. The molecule has 1 fully saturated rings. The third-order valence-corrected chi connectivity index (χ3v) is 4.75. The monoisotopic (exact) mass is 387 g/mol. The first-order valence-corrected chi connectivity index (χ1v) is 9.81. The highest BCUT2D eigenvalue weighted by Gasteiger charge is 2.23. The van der Waals surface area contributed by atoms with Crippen molar-refractivity contribution in [2.75, 3.05) is 13.2 Å². The lowest BCUT2D eigenvalue weighted by Gasteiger charge is -2.26. The molecule has 4 nitrogen and oxygen atoms in total. The molecule has 2 aromatic rings. The average Bonchev–Trinajstić information content (AvgIpc) is 3.16. The molecule has 27 heavy (non-hydrogen) atoms. The predicted molar refractivity (Wildman–Crippen MR) is 107 cm³/mol. The number of ether oxygens (including phenoxy) is 2. The molecule has 144 valence electrons. The number of carbonyl (C=O) groups is 1. The summed E-state index contributed by atoms with van der Waals surface area (Å²) in [5.41, 5.74) is 1.70. The van der Waals surface area contributed by atoms with E-state index < -0.39 is 0 Å². The van der Waals surface area contributed by atoms with Gasteiger partial charge >= 0.3 is 0 Å². The first-order chi connectivity index (χ1) is 13.0. The van der Waals surface area contributed by atoms with E-state index in [1.165, 1.54) is 0 Å². The van der Waals surface area contributed by atoms with Gasteiger partial charge in [0.2, 0.25) is 0 Å². The van der Waals surface area contributed by atoms with Crippen molar-refractivity contribution in [3.8, 4) is 5.75 Å². The number of amides is 1. The molecule has 3 rings (SSSR count). The van der Waals surface area contributed by atoms with Crippen molar-refractivity contribution >= 4 is 17.5 Å². The third-order valence-electron chi connectivity index (χ3n) is 4.49. The van der Waals surface area contributed by atoms with Gasteiger partial charge in [-0.1, -0.05) is 23.7 Å². The number of hydrogen-bond donors (Lipinski definition) is 0. The molecule has 0 aliphatic carbocycles. The maximum atomic E-state index is 13.1. The molecular weight excluding hydrogens is 362 g/mol. The van der Waals surface area contributed by atoms with Crippen LogP contribution in [0.4, 0.5) is 0 Å². The van der Waals surface area contributed by atoms with Crippen LogP contribution < -0.4 is 4.74 Å². The fourth-order valence-corrected chi connectivity index (χ4v) is 3.32. The maximum absolute atomic E-state index is 13.1. The molecule has 1 amide bonds. The van der Waals surface area contributed by atoms with Crippen LogP contribution in [0.5, 0.6) is 5.75 Å². The fourth-order valence-electron chi connectivity index (χ4n) is 3.19. The van der Waals surface area contributed by atoms with Gasteiger partial charge in [0.25, 0.3) is 5.91 Å². The lowest BCUT2D eigenvalue weighted by atomic mass is 10.1. The standard InChI is InChI=1S/C22H26ClNO3/c1-16(2)27-20-11-7-18(8-12-20)22(25)24(15-21-4-3-13-26-21)14-17-5-9-19(23)10-6-17/h5-12,16,21H,3-4,13-15H2,1-2H3. The van der Waals surface area contributed by atoms with Crippen molar-refractivity contribution in [2.45, 2.75) is 45.4 Å². The molecule has 1 heterocycles. The Morgan fingerprint density at radius 1 is 1.19 bits per heavy atom. The van der Waals surface area contributed by atoms with Gasteiger partial charge in [0.05, 0.1) is 12.2 Å². The highest BCUT2D eigenvalue weighted by Crippen LogP contribution is 2.20. The van der Waals surface area contributed by atoms with E-state index in [-0.39, 0.29) is 18.1 Å². The Kier molecular flexibility index (Phi) is 6.75. The Labute approximate surface area is 166 Å². The van der Waals surface area contributed by atoms with Crippen molar-refractivity contribution in [3.05, 3.63) is 64.7 Å². The SMILES string of the molecule is CC(C)Oc1ccc(C(=O)N(Cc2ccc(Cl)cc2)CC2CCCO2)cc1. The molecule has 0 bridgehead atoms. The lowest BCUT2D eigenvalue weighted by Crippen LogP contribution is -2.37. The van der Waals surface area contributed by atoms with Gasteiger partial charge in [0.1, 0.15) is 5.75 Å². The van der Waals surface area contributed by atoms with E-state index in [4.69, 9.17) is 21.1 Å². The summed E-state index contributed by atoms with van der Waals surface area (Å²) in [6.45, 7) is 5.85. The summed E-state index contributed by atoms with van der Waals surface area (Å²) in [5.74, 6) is 0.765. The zero-order chi connectivity index (χ0) is 19.2. The normalized spacial score (nSPS) is 16.5. The Hall–Kier alpha value is -2.04. The van der Waals surface area contributed by atoms with Crippen molar-refractivity contribution < 1.29 is 14.3 Å².